The molecule has 3 nitrogen and oxygen atoms in total. The Hall–Kier alpha value is 0.230. The molecule has 0 bridgehead atoms. The summed E-state index contributed by atoms with van der Waals surface area (Å²) in [4.78, 5) is 0. The number of hydrogen-bond acceptors (Lipinski definition) is 4. The molecule has 4 heteroatoms. The average molecular weight is 203 g/mol. The quantitative estimate of drug-likeness (QED) is 0.448. The van der Waals surface area contributed by atoms with Gasteiger partial charge < -0.3 is 10.6 Å². The zero-order valence-electron chi connectivity index (χ0n) is 8.42. The molecule has 1 rings (SSSR count). The second-order valence-corrected chi connectivity index (χ2v) is 4.10. The van der Waals surface area contributed by atoms with Crippen molar-refractivity contribution in [1.29, 1.82) is 0 Å². The lowest BCUT2D eigenvalue weighted by Crippen LogP contribution is -2.41. The first-order chi connectivity index (χ1) is 6.33. The molecule has 1 fully saturated rings. The van der Waals surface area contributed by atoms with Gasteiger partial charge in [0.2, 0.25) is 0 Å². The van der Waals surface area contributed by atoms with Gasteiger partial charge in [0.15, 0.2) is 0 Å². The molecule has 0 aromatic carbocycles. The summed E-state index contributed by atoms with van der Waals surface area (Å²) in [7, 11) is 0. The summed E-state index contributed by atoms with van der Waals surface area (Å²) in [6, 6.07) is 0.710. The van der Waals surface area contributed by atoms with Crippen molar-refractivity contribution in [3.63, 3.8) is 0 Å². The SMILES string of the molecule is CCNCCNC1CCN(S)CC1. The van der Waals surface area contributed by atoms with Crippen molar-refractivity contribution >= 4 is 12.8 Å². The fraction of sp³-hybridized carbons (Fsp3) is 1.00. The Kier molecular flexibility index (Phi) is 5.78. The van der Waals surface area contributed by atoms with Crippen molar-refractivity contribution in [3.8, 4) is 0 Å². The fourth-order valence-electron chi connectivity index (χ4n) is 1.61. The van der Waals surface area contributed by atoms with Gasteiger partial charge in [-0.3, -0.25) is 4.31 Å². The van der Waals surface area contributed by atoms with Gasteiger partial charge in [0.25, 0.3) is 0 Å². The zero-order chi connectivity index (χ0) is 9.52. The van der Waals surface area contributed by atoms with E-state index in [1.165, 1.54) is 12.8 Å². The maximum Gasteiger partial charge on any atom is 0.0102 e. The summed E-state index contributed by atoms with van der Waals surface area (Å²) in [6.07, 6.45) is 2.46. The minimum Gasteiger partial charge on any atom is -0.316 e. The van der Waals surface area contributed by atoms with Gasteiger partial charge in [-0.15, -0.1) is 0 Å². The van der Waals surface area contributed by atoms with E-state index >= 15 is 0 Å². The van der Waals surface area contributed by atoms with Gasteiger partial charge in [0.05, 0.1) is 0 Å². The van der Waals surface area contributed by atoms with Crippen LogP contribution in [0.5, 0.6) is 0 Å². The normalized spacial score (nSPS) is 20.8. The van der Waals surface area contributed by atoms with Crippen molar-refractivity contribution in [2.45, 2.75) is 25.8 Å². The van der Waals surface area contributed by atoms with E-state index in [0.717, 1.165) is 32.7 Å². The molecule has 2 N–H and O–H groups in total. The lowest BCUT2D eigenvalue weighted by Gasteiger charge is -2.28. The number of thiol groups is 1. The van der Waals surface area contributed by atoms with Crippen LogP contribution in [0.3, 0.4) is 0 Å². The third-order valence-electron chi connectivity index (χ3n) is 2.46. The topological polar surface area (TPSA) is 27.3 Å². The first kappa shape index (κ1) is 11.3. The number of rotatable bonds is 5. The maximum atomic E-state index is 4.32. The molecule has 0 amide bonds. The Balaban J connectivity index is 1.96. The molecule has 1 aliphatic heterocycles. The lowest BCUT2D eigenvalue weighted by atomic mass is 10.1. The van der Waals surface area contributed by atoms with E-state index in [-0.39, 0.29) is 0 Å². The molecule has 0 atom stereocenters. The predicted octanol–water partition coefficient (Wildman–Crippen LogP) is 0.495. The van der Waals surface area contributed by atoms with E-state index in [1.54, 1.807) is 0 Å². The number of likely N-dealkylation sites (N-methyl/N-ethyl adjacent to an activating group) is 1. The summed E-state index contributed by atoms with van der Waals surface area (Å²) in [5.74, 6) is 0. The molecule has 1 saturated heterocycles. The number of piperidine rings is 1. The monoisotopic (exact) mass is 203 g/mol. The Morgan fingerprint density at radius 3 is 2.62 bits per heavy atom. The summed E-state index contributed by atoms with van der Waals surface area (Å²) in [5, 5.41) is 6.86. The second-order valence-electron chi connectivity index (χ2n) is 3.54. The summed E-state index contributed by atoms with van der Waals surface area (Å²) >= 11 is 4.32. The van der Waals surface area contributed by atoms with Crippen molar-refractivity contribution in [1.82, 2.24) is 14.9 Å². The second kappa shape index (κ2) is 6.65. The highest BCUT2D eigenvalue weighted by molar-refractivity contribution is 7.77. The summed E-state index contributed by atoms with van der Waals surface area (Å²) in [5.41, 5.74) is 0. The van der Waals surface area contributed by atoms with Crippen LogP contribution in [0.2, 0.25) is 0 Å². The predicted molar refractivity (Wildman–Crippen MR) is 60.1 cm³/mol. The van der Waals surface area contributed by atoms with Gasteiger partial charge >= 0.3 is 0 Å². The maximum absolute atomic E-state index is 4.32. The summed E-state index contributed by atoms with van der Waals surface area (Å²) in [6.45, 7) is 7.60. The van der Waals surface area contributed by atoms with Crippen LogP contribution in [0.4, 0.5) is 0 Å². The minimum absolute atomic E-state index is 0.710. The molecule has 1 aliphatic rings. The first-order valence-corrected chi connectivity index (χ1v) is 5.61. The van der Waals surface area contributed by atoms with Crippen LogP contribution in [0.15, 0.2) is 0 Å². The Morgan fingerprint density at radius 1 is 1.31 bits per heavy atom. The molecule has 0 aromatic heterocycles. The van der Waals surface area contributed by atoms with Crippen LogP contribution in [0, 0.1) is 0 Å². The van der Waals surface area contributed by atoms with Crippen LogP contribution in [-0.2, 0) is 0 Å². The van der Waals surface area contributed by atoms with Gasteiger partial charge in [0.1, 0.15) is 0 Å². The van der Waals surface area contributed by atoms with Gasteiger partial charge in [-0.1, -0.05) is 19.7 Å². The molecule has 0 saturated carbocycles. The lowest BCUT2D eigenvalue weighted by molar-refractivity contribution is 0.311. The summed E-state index contributed by atoms with van der Waals surface area (Å²) < 4.78 is 2.10. The standard InChI is InChI=1S/C9H21N3S/c1-2-10-5-6-11-9-3-7-12(13)8-4-9/h9-11,13H,2-8H2,1H3. The Labute approximate surface area is 86.8 Å². The molecule has 0 spiro atoms. The van der Waals surface area contributed by atoms with Crippen LogP contribution in [0.25, 0.3) is 0 Å². The highest BCUT2D eigenvalue weighted by atomic mass is 32.1. The highest BCUT2D eigenvalue weighted by Gasteiger charge is 2.15. The Morgan fingerprint density at radius 2 is 2.00 bits per heavy atom. The van der Waals surface area contributed by atoms with Gasteiger partial charge in [-0.05, 0) is 19.4 Å². The molecular formula is C9H21N3S. The van der Waals surface area contributed by atoms with E-state index < -0.39 is 0 Å². The van der Waals surface area contributed by atoms with E-state index in [1.807, 2.05) is 0 Å². The van der Waals surface area contributed by atoms with E-state index in [0.29, 0.717) is 6.04 Å². The van der Waals surface area contributed by atoms with Crippen LogP contribution < -0.4 is 10.6 Å². The first-order valence-electron chi connectivity index (χ1n) is 5.21. The molecule has 0 aliphatic carbocycles. The van der Waals surface area contributed by atoms with Crippen LogP contribution in [-0.4, -0.2) is 43.1 Å². The van der Waals surface area contributed by atoms with E-state index in [4.69, 9.17) is 0 Å². The molecule has 0 unspecified atom stereocenters. The molecule has 13 heavy (non-hydrogen) atoms. The third kappa shape index (κ3) is 4.86. The van der Waals surface area contributed by atoms with E-state index in [2.05, 4.69) is 34.7 Å². The smallest absolute Gasteiger partial charge is 0.0102 e. The minimum atomic E-state index is 0.710. The molecule has 1 heterocycles. The number of nitrogens with one attached hydrogen (secondary N) is 2. The van der Waals surface area contributed by atoms with Gasteiger partial charge in [-0.2, -0.15) is 0 Å². The van der Waals surface area contributed by atoms with E-state index in [9.17, 15) is 0 Å². The van der Waals surface area contributed by atoms with Gasteiger partial charge in [0, 0.05) is 32.2 Å². The van der Waals surface area contributed by atoms with Crippen molar-refractivity contribution in [2.75, 3.05) is 32.7 Å². The number of nitrogens with zero attached hydrogens (tertiary/aromatic N) is 1. The van der Waals surface area contributed by atoms with Crippen molar-refractivity contribution in [3.05, 3.63) is 0 Å². The molecule has 0 aromatic rings. The Bertz CT molecular complexity index is 124. The highest BCUT2D eigenvalue weighted by Crippen LogP contribution is 2.10. The fourth-order valence-corrected chi connectivity index (χ4v) is 1.84. The molecule has 0 radical (unpaired) electrons. The molecule has 78 valence electrons. The molecular weight excluding hydrogens is 182 g/mol. The van der Waals surface area contributed by atoms with Crippen molar-refractivity contribution < 1.29 is 0 Å². The average Bonchev–Trinajstić information content (AvgIpc) is 2.15. The third-order valence-corrected chi connectivity index (χ3v) is 2.86. The van der Waals surface area contributed by atoms with Crippen LogP contribution in [0.1, 0.15) is 19.8 Å². The van der Waals surface area contributed by atoms with Gasteiger partial charge in [-0.25, -0.2) is 0 Å². The number of hydrogen-bond donors (Lipinski definition) is 3. The van der Waals surface area contributed by atoms with Crippen molar-refractivity contribution in [2.24, 2.45) is 0 Å². The van der Waals surface area contributed by atoms with Crippen LogP contribution >= 0.6 is 12.8 Å². The zero-order valence-corrected chi connectivity index (χ0v) is 9.32. The largest absolute Gasteiger partial charge is 0.316 e.